The van der Waals surface area contributed by atoms with Crippen LogP contribution in [0, 0.1) is 0 Å². The van der Waals surface area contributed by atoms with Crippen molar-refractivity contribution in [3.05, 3.63) is 59.3 Å². The van der Waals surface area contributed by atoms with Gasteiger partial charge in [-0.05, 0) is 48.5 Å². The van der Waals surface area contributed by atoms with Gasteiger partial charge in [0.15, 0.2) is 10.3 Å². The van der Waals surface area contributed by atoms with E-state index in [9.17, 15) is 16.8 Å². The maximum absolute atomic E-state index is 12.6. The molecule has 0 saturated carbocycles. The normalized spacial score (nSPS) is 11.7. The predicted molar refractivity (Wildman–Crippen MR) is 131 cm³/mol. The molecule has 2 aromatic carbocycles. The topological polar surface area (TPSA) is 137 Å². The summed E-state index contributed by atoms with van der Waals surface area (Å²) in [4.78, 5) is 8.66. The van der Waals surface area contributed by atoms with E-state index < -0.39 is 20.0 Å². The third kappa shape index (κ3) is 5.30. The number of anilines is 2. The number of rotatable bonds is 9. The van der Waals surface area contributed by atoms with Gasteiger partial charge in [0.05, 0.1) is 24.0 Å². The second kappa shape index (κ2) is 9.58. The number of ether oxygens (including phenoxy) is 2. The first-order chi connectivity index (χ1) is 16.2. The predicted octanol–water partition coefficient (Wildman–Crippen LogP) is 3.89. The maximum atomic E-state index is 12.6. The summed E-state index contributed by atoms with van der Waals surface area (Å²) in [5.74, 6) is 1.08. The lowest BCUT2D eigenvalue weighted by Crippen LogP contribution is -2.12. The summed E-state index contributed by atoms with van der Waals surface area (Å²) in [6.07, 6.45) is 0. The van der Waals surface area contributed by atoms with E-state index in [1.54, 1.807) is 35.0 Å². The maximum Gasteiger partial charge on any atom is 0.263 e. The first-order valence-corrected chi connectivity index (χ1v) is 14.2. The van der Waals surface area contributed by atoms with Crippen LogP contribution in [0.5, 0.6) is 11.5 Å². The van der Waals surface area contributed by atoms with Crippen molar-refractivity contribution in [1.29, 1.82) is 0 Å². The number of hydrogen-bond acceptors (Lipinski definition) is 10. The SMILES string of the molecule is COc1ccc(S(=O)(=O)Nc2nc(-c3csc(NS(=O)(=O)c4ccc(OC)cc4)n3)cs2)cc1. The Bertz CT molecular complexity index is 1380. The minimum absolute atomic E-state index is 0.0638. The number of nitrogens with zero attached hydrogens (tertiary/aromatic N) is 2. The van der Waals surface area contributed by atoms with Gasteiger partial charge in [-0.15, -0.1) is 22.7 Å². The molecule has 0 radical (unpaired) electrons. The second-order valence-electron chi connectivity index (χ2n) is 6.64. The molecule has 0 bridgehead atoms. The minimum Gasteiger partial charge on any atom is -0.497 e. The molecular weight excluding hydrogens is 521 g/mol. The Morgan fingerprint density at radius 2 is 1.00 bits per heavy atom. The number of aromatic nitrogens is 2. The van der Waals surface area contributed by atoms with Gasteiger partial charge in [0.25, 0.3) is 20.0 Å². The van der Waals surface area contributed by atoms with Gasteiger partial charge < -0.3 is 9.47 Å². The first-order valence-electron chi connectivity index (χ1n) is 9.45. The van der Waals surface area contributed by atoms with E-state index >= 15 is 0 Å². The number of hydrogen-bond donors (Lipinski definition) is 2. The third-order valence-corrected chi connectivity index (χ3v) is 8.94. The summed E-state index contributed by atoms with van der Waals surface area (Å²) in [5, 5.41) is 3.56. The van der Waals surface area contributed by atoms with E-state index in [0.717, 1.165) is 22.7 Å². The lowest BCUT2D eigenvalue weighted by Gasteiger charge is -2.06. The van der Waals surface area contributed by atoms with Crippen LogP contribution in [0.3, 0.4) is 0 Å². The van der Waals surface area contributed by atoms with Gasteiger partial charge in [0, 0.05) is 10.8 Å². The highest BCUT2D eigenvalue weighted by Crippen LogP contribution is 2.30. The molecule has 0 aliphatic rings. The lowest BCUT2D eigenvalue weighted by molar-refractivity contribution is 0.414. The van der Waals surface area contributed by atoms with Crippen LogP contribution >= 0.6 is 22.7 Å². The molecule has 0 saturated heterocycles. The summed E-state index contributed by atoms with van der Waals surface area (Å²) in [6, 6.07) is 11.9. The monoisotopic (exact) mass is 538 g/mol. The van der Waals surface area contributed by atoms with E-state index in [4.69, 9.17) is 9.47 Å². The average Bonchev–Trinajstić information content (AvgIpc) is 3.48. The van der Waals surface area contributed by atoms with Gasteiger partial charge in [0.2, 0.25) is 0 Å². The number of nitrogens with one attached hydrogen (secondary N) is 2. The zero-order valence-corrected chi connectivity index (χ0v) is 21.0. The Hall–Kier alpha value is -3.20. The molecule has 0 spiro atoms. The zero-order chi connectivity index (χ0) is 24.3. The van der Waals surface area contributed by atoms with Crippen LogP contribution in [0.15, 0.2) is 69.1 Å². The molecule has 2 aromatic heterocycles. The van der Waals surface area contributed by atoms with Gasteiger partial charge in [-0.3, -0.25) is 9.44 Å². The van der Waals surface area contributed by atoms with Gasteiger partial charge in [-0.2, -0.15) is 0 Å². The van der Waals surface area contributed by atoms with Crippen molar-refractivity contribution >= 4 is 53.0 Å². The fourth-order valence-electron chi connectivity index (χ4n) is 2.73. The van der Waals surface area contributed by atoms with Crippen LogP contribution in [-0.4, -0.2) is 41.0 Å². The fraction of sp³-hybridized carbons (Fsp3) is 0.100. The Morgan fingerprint density at radius 3 is 1.32 bits per heavy atom. The third-order valence-electron chi connectivity index (χ3n) is 4.45. The Labute approximate surface area is 204 Å². The van der Waals surface area contributed by atoms with Crippen LogP contribution < -0.4 is 18.9 Å². The standard InChI is InChI=1S/C20H18N4O6S4/c1-29-13-3-7-15(8-4-13)33(25,26)23-19-21-17(11-31-19)18-12-32-20(22-18)24-34(27,28)16-9-5-14(30-2)6-10-16/h3-12H,1-2H3,(H,21,23)(H,22,24). The largest absolute Gasteiger partial charge is 0.497 e. The second-order valence-corrected chi connectivity index (χ2v) is 11.7. The van der Waals surface area contributed by atoms with Crippen molar-refractivity contribution in [2.24, 2.45) is 0 Å². The van der Waals surface area contributed by atoms with Crippen molar-refractivity contribution in [3.63, 3.8) is 0 Å². The molecule has 34 heavy (non-hydrogen) atoms. The highest BCUT2D eigenvalue weighted by Gasteiger charge is 2.19. The molecular formula is C20H18N4O6S4. The van der Waals surface area contributed by atoms with Gasteiger partial charge in [-0.25, -0.2) is 26.8 Å². The number of methoxy groups -OCH3 is 2. The van der Waals surface area contributed by atoms with Crippen LogP contribution in [0.1, 0.15) is 0 Å². The van der Waals surface area contributed by atoms with Crippen LogP contribution in [0.2, 0.25) is 0 Å². The van der Waals surface area contributed by atoms with Gasteiger partial charge in [-0.1, -0.05) is 0 Å². The van der Waals surface area contributed by atoms with Crippen molar-refractivity contribution < 1.29 is 26.3 Å². The average molecular weight is 539 g/mol. The summed E-state index contributed by atoms with van der Waals surface area (Å²) >= 11 is 2.17. The summed E-state index contributed by atoms with van der Waals surface area (Å²) < 4.78 is 65.3. The van der Waals surface area contributed by atoms with Crippen molar-refractivity contribution in [2.45, 2.75) is 9.79 Å². The summed E-state index contributed by atoms with van der Waals surface area (Å²) in [6.45, 7) is 0. The quantitative estimate of drug-likeness (QED) is 0.328. The van der Waals surface area contributed by atoms with E-state index in [1.165, 1.54) is 38.5 Å². The molecule has 0 fully saturated rings. The fourth-order valence-corrected chi connectivity index (χ4v) is 6.65. The molecule has 2 N–H and O–H groups in total. The van der Waals surface area contributed by atoms with Crippen LogP contribution in [0.25, 0.3) is 11.4 Å². The lowest BCUT2D eigenvalue weighted by atomic mass is 10.3. The number of thiazole rings is 2. The van der Waals surface area contributed by atoms with Crippen molar-refractivity contribution in [3.8, 4) is 22.9 Å². The Morgan fingerprint density at radius 1 is 0.647 bits per heavy atom. The summed E-state index contributed by atoms with van der Waals surface area (Å²) in [5.41, 5.74) is 0.812. The van der Waals surface area contributed by atoms with Crippen LogP contribution in [-0.2, 0) is 20.0 Å². The molecule has 10 nitrogen and oxygen atoms in total. The van der Waals surface area contributed by atoms with Crippen molar-refractivity contribution in [1.82, 2.24) is 9.97 Å². The summed E-state index contributed by atoms with van der Waals surface area (Å²) in [7, 11) is -4.69. The molecule has 178 valence electrons. The molecule has 0 aliphatic heterocycles. The van der Waals surface area contributed by atoms with E-state index in [1.807, 2.05) is 0 Å². The van der Waals surface area contributed by atoms with Crippen molar-refractivity contribution in [2.75, 3.05) is 23.7 Å². The van der Waals surface area contributed by atoms with E-state index in [2.05, 4.69) is 19.4 Å². The molecule has 0 unspecified atom stereocenters. The Kier molecular flexibility index (Phi) is 6.74. The molecule has 4 aromatic rings. The van der Waals surface area contributed by atoms with E-state index in [-0.39, 0.29) is 20.1 Å². The molecule has 14 heteroatoms. The molecule has 4 rings (SSSR count). The highest BCUT2D eigenvalue weighted by molar-refractivity contribution is 7.93. The molecule has 2 heterocycles. The number of sulfonamides is 2. The van der Waals surface area contributed by atoms with Crippen LogP contribution in [0.4, 0.5) is 10.3 Å². The molecule has 0 atom stereocenters. The number of benzene rings is 2. The van der Waals surface area contributed by atoms with E-state index in [0.29, 0.717) is 22.9 Å². The first kappa shape index (κ1) is 23.9. The Balaban J connectivity index is 1.47. The minimum atomic E-state index is -3.84. The molecule has 0 aliphatic carbocycles. The smallest absolute Gasteiger partial charge is 0.263 e. The van der Waals surface area contributed by atoms with Gasteiger partial charge in [0.1, 0.15) is 22.9 Å². The molecule has 0 amide bonds. The zero-order valence-electron chi connectivity index (χ0n) is 17.8. The highest BCUT2D eigenvalue weighted by atomic mass is 32.2. The van der Waals surface area contributed by atoms with Gasteiger partial charge >= 0.3 is 0 Å².